The van der Waals surface area contributed by atoms with Crippen LogP contribution in [0.5, 0.6) is 0 Å². The Hall–Kier alpha value is -3.80. The minimum absolute atomic E-state index is 0.220. The van der Waals surface area contributed by atoms with Gasteiger partial charge in [-0.15, -0.1) is 0 Å². The van der Waals surface area contributed by atoms with Crippen molar-refractivity contribution in [2.45, 2.75) is 25.7 Å². The molecule has 0 bridgehead atoms. The topological polar surface area (TPSA) is 86.3 Å². The lowest BCUT2D eigenvalue weighted by Crippen LogP contribution is -1.90. The molecule has 6 rings (SSSR count). The van der Waals surface area contributed by atoms with Gasteiger partial charge in [0.15, 0.2) is 0 Å². The lowest BCUT2D eigenvalue weighted by Gasteiger charge is -2.01. The fourth-order valence-corrected chi connectivity index (χ4v) is 4.78. The van der Waals surface area contributed by atoms with Crippen LogP contribution in [0.1, 0.15) is 22.3 Å². The number of nitro groups is 2. The highest BCUT2D eigenvalue weighted by Gasteiger charge is 2.21. The van der Waals surface area contributed by atoms with Gasteiger partial charge in [-0.2, -0.15) is 0 Å². The molecule has 6 heteroatoms. The van der Waals surface area contributed by atoms with Crippen molar-refractivity contribution < 1.29 is 9.85 Å². The zero-order chi connectivity index (χ0) is 20.8. The molecule has 0 saturated heterocycles. The lowest BCUT2D eigenvalue weighted by molar-refractivity contribution is -0.383. The Morgan fingerprint density at radius 3 is 1.27 bits per heavy atom. The summed E-state index contributed by atoms with van der Waals surface area (Å²) in [5.74, 6) is 0. The molecule has 30 heavy (non-hydrogen) atoms. The summed E-state index contributed by atoms with van der Waals surface area (Å²) in [4.78, 5) is 21.1. The fraction of sp³-hybridized carbons (Fsp3) is 0.167. The zero-order valence-corrected chi connectivity index (χ0v) is 16.1. The Bertz CT molecular complexity index is 1230. The van der Waals surface area contributed by atoms with E-state index < -0.39 is 0 Å². The van der Waals surface area contributed by atoms with Gasteiger partial charge in [-0.05, 0) is 70.8 Å². The van der Waals surface area contributed by atoms with Gasteiger partial charge in [-0.1, -0.05) is 36.4 Å². The summed E-state index contributed by atoms with van der Waals surface area (Å²) < 4.78 is 0. The number of nitrogens with zero attached hydrogens (tertiary/aromatic N) is 2. The predicted molar refractivity (Wildman–Crippen MR) is 116 cm³/mol. The molecule has 0 amide bonds. The summed E-state index contributed by atoms with van der Waals surface area (Å²) in [6.07, 6.45) is 4.03. The molecular formula is C24H18N2O4. The van der Waals surface area contributed by atoms with Crippen molar-refractivity contribution >= 4 is 32.9 Å². The van der Waals surface area contributed by atoms with Crippen LogP contribution in [-0.2, 0) is 25.7 Å². The molecule has 0 radical (unpaired) electrons. The molecule has 0 unspecified atom stereocenters. The van der Waals surface area contributed by atoms with E-state index in [0.29, 0.717) is 0 Å². The summed E-state index contributed by atoms with van der Waals surface area (Å²) in [6.45, 7) is 0. The SMILES string of the molecule is O=[N+]([O-])c1ccc2c3c(cccc13)CC2.O=[N+]([O-])c1ccc2c3c(cccc13)CC2. The number of aryl methyl sites for hydroxylation is 4. The quantitative estimate of drug-likeness (QED) is 0.320. The highest BCUT2D eigenvalue weighted by molar-refractivity contribution is 5.97. The van der Waals surface area contributed by atoms with Crippen molar-refractivity contribution in [3.8, 4) is 0 Å². The predicted octanol–water partition coefficient (Wildman–Crippen LogP) is 5.69. The van der Waals surface area contributed by atoms with Crippen molar-refractivity contribution in [1.29, 1.82) is 0 Å². The molecule has 0 atom stereocenters. The average molecular weight is 398 g/mol. The number of nitro benzene ring substituents is 2. The number of non-ortho nitro benzene ring substituents is 2. The summed E-state index contributed by atoms with van der Waals surface area (Å²) >= 11 is 0. The van der Waals surface area contributed by atoms with E-state index >= 15 is 0 Å². The number of benzene rings is 4. The number of hydrogen-bond acceptors (Lipinski definition) is 4. The van der Waals surface area contributed by atoms with Crippen LogP contribution in [0.15, 0.2) is 60.7 Å². The second-order valence-corrected chi connectivity index (χ2v) is 7.68. The molecule has 0 fully saturated rings. The van der Waals surface area contributed by atoms with E-state index in [4.69, 9.17) is 0 Å². The van der Waals surface area contributed by atoms with Crippen LogP contribution in [0.3, 0.4) is 0 Å². The molecule has 0 N–H and O–H groups in total. The molecule has 0 aromatic heterocycles. The Morgan fingerprint density at radius 1 is 0.533 bits per heavy atom. The molecule has 4 aromatic carbocycles. The molecule has 0 heterocycles. The third kappa shape index (κ3) is 2.80. The van der Waals surface area contributed by atoms with E-state index in [1.54, 1.807) is 12.1 Å². The van der Waals surface area contributed by atoms with Crippen molar-refractivity contribution in [1.82, 2.24) is 0 Å². The van der Waals surface area contributed by atoms with Gasteiger partial charge in [0.25, 0.3) is 11.4 Å². The molecule has 0 spiro atoms. The zero-order valence-electron chi connectivity index (χ0n) is 16.1. The second kappa shape index (κ2) is 6.91. The Kier molecular flexibility index (Phi) is 4.20. The summed E-state index contributed by atoms with van der Waals surface area (Å²) in [7, 11) is 0. The van der Waals surface area contributed by atoms with E-state index in [1.165, 1.54) is 22.3 Å². The van der Waals surface area contributed by atoms with Gasteiger partial charge in [0.2, 0.25) is 0 Å². The van der Waals surface area contributed by atoms with Crippen molar-refractivity contribution in [3.05, 3.63) is 103 Å². The smallest absolute Gasteiger partial charge is 0.258 e. The second-order valence-electron chi connectivity index (χ2n) is 7.68. The Morgan fingerprint density at radius 2 is 0.900 bits per heavy atom. The van der Waals surface area contributed by atoms with Crippen LogP contribution >= 0.6 is 0 Å². The van der Waals surface area contributed by atoms with E-state index in [0.717, 1.165) is 47.2 Å². The third-order valence-electron chi connectivity index (χ3n) is 6.10. The van der Waals surface area contributed by atoms with Crippen LogP contribution in [0.25, 0.3) is 21.5 Å². The van der Waals surface area contributed by atoms with Gasteiger partial charge in [0.05, 0.1) is 20.6 Å². The van der Waals surface area contributed by atoms with Crippen molar-refractivity contribution in [2.75, 3.05) is 0 Å². The van der Waals surface area contributed by atoms with Crippen molar-refractivity contribution in [2.24, 2.45) is 0 Å². The maximum absolute atomic E-state index is 10.9. The van der Waals surface area contributed by atoms with E-state index in [1.807, 2.05) is 36.4 Å². The molecule has 0 aliphatic heterocycles. The highest BCUT2D eigenvalue weighted by Crippen LogP contribution is 2.36. The van der Waals surface area contributed by atoms with Crippen LogP contribution < -0.4 is 0 Å². The molecule has 4 aromatic rings. The minimum atomic E-state index is -0.304. The van der Waals surface area contributed by atoms with Gasteiger partial charge >= 0.3 is 0 Å². The van der Waals surface area contributed by atoms with Crippen LogP contribution in [0.4, 0.5) is 11.4 Å². The van der Waals surface area contributed by atoms with Gasteiger partial charge in [-0.25, -0.2) is 0 Å². The Labute approximate surface area is 172 Å². The normalized spacial score (nSPS) is 13.3. The summed E-state index contributed by atoms with van der Waals surface area (Å²) in [5.41, 5.74) is 5.41. The van der Waals surface area contributed by atoms with Crippen LogP contribution in [0.2, 0.25) is 0 Å². The average Bonchev–Trinajstić information content (AvgIpc) is 3.36. The van der Waals surface area contributed by atoms with Crippen molar-refractivity contribution in [3.63, 3.8) is 0 Å². The first kappa shape index (κ1) is 18.2. The molecule has 0 saturated carbocycles. The molecule has 6 nitrogen and oxygen atoms in total. The standard InChI is InChI=1S/2C12H9NO2/c2*14-13(15)11-7-6-9-5-4-8-2-1-3-10(11)12(8)9/h2*1-3,6-7H,4-5H2. The lowest BCUT2D eigenvalue weighted by atomic mass is 10.0. The maximum Gasteiger partial charge on any atom is 0.277 e. The minimum Gasteiger partial charge on any atom is -0.258 e. The van der Waals surface area contributed by atoms with Gasteiger partial charge in [0, 0.05) is 12.1 Å². The largest absolute Gasteiger partial charge is 0.277 e. The number of hydrogen-bond donors (Lipinski definition) is 0. The monoisotopic (exact) mass is 398 g/mol. The molecule has 148 valence electrons. The third-order valence-corrected chi connectivity index (χ3v) is 6.10. The number of rotatable bonds is 2. The van der Waals surface area contributed by atoms with Gasteiger partial charge in [-0.3, -0.25) is 20.2 Å². The maximum atomic E-state index is 10.9. The first-order chi connectivity index (χ1) is 14.5. The highest BCUT2D eigenvalue weighted by atomic mass is 16.6. The Balaban J connectivity index is 0.000000128. The van der Waals surface area contributed by atoms with E-state index in [9.17, 15) is 20.2 Å². The van der Waals surface area contributed by atoms with Gasteiger partial charge in [0.1, 0.15) is 0 Å². The van der Waals surface area contributed by atoms with Crippen LogP contribution in [-0.4, -0.2) is 9.85 Å². The van der Waals surface area contributed by atoms with Gasteiger partial charge < -0.3 is 0 Å². The fourth-order valence-electron chi connectivity index (χ4n) is 4.78. The van der Waals surface area contributed by atoms with E-state index in [2.05, 4.69) is 12.1 Å². The van der Waals surface area contributed by atoms with Crippen LogP contribution in [0, 0.1) is 20.2 Å². The summed E-state index contributed by atoms with van der Waals surface area (Å²) in [6, 6.07) is 18.6. The first-order valence-corrected chi connectivity index (χ1v) is 9.90. The molecule has 2 aliphatic rings. The van der Waals surface area contributed by atoms with E-state index in [-0.39, 0.29) is 21.2 Å². The molecular weight excluding hydrogens is 380 g/mol. The molecule has 2 aliphatic carbocycles. The first-order valence-electron chi connectivity index (χ1n) is 9.90. The summed E-state index contributed by atoms with van der Waals surface area (Å²) in [5, 5.41) is 25.5.